The Bertz CT molecular complexity index is 800. The second kappa shape index (κ2) is 6.85. The molecule has 25 heavy (non-hydrogen) atoms. The average molecular weight is 331 g/mol. The molecule has 0 amide bonds. The van der Waals surface area contributed by atoms with Crippen molar-refractivity contribution in [1.82, 2.24) is 14.5 Å². The highest BCUT2D eigenvalue weighted by Gasteiger charge is 2.40. The summed E-state index contributed by atoms with van der Waals surface area (Å²) in [5.74, 6) is 1.20. The van der Waals surface area contributed by atoms with Gasteiger partial charge in [0.15, 0.2) is 0 Å². The summed E-state index contributed by atoms with van der Waals surface area (Å²) in [5, 5.41) is 0. The van der Waals surface area contributed by atoms with Crippen molar-refractivity contribution in [3.8, 4) is 0 Å². The second-order valence-electron chi connectivity index (χ2n) is 7.12. The molecule has 4 rings (SSSR count). The molecule has 0 saturated carbocycles. The number of aromatic nitrogens is 2. The molecule has 1 aromatic heterocycles. The Labute approximate surface area is 149 Å². The standard InChI is InChI=1S/C22H25N3/c1-24-15-12-22(13-16-24,20-10-6-3-7-11-20)21-23-14-17-25(21)18-19-8-4-2-5-9-19/h2-11,14,17H,12-13,15-16,18H2,1H3. The van der Waals surface area contributed by atoms with Crippen molar-refractivity contribution in [3.63, 3.8) is 0 Å². The Hall–Kier alpha value is -2.39. The third kappa shape index (κ3) is 3.12. The van der Waals surface area contributed by atoms with E-state index in [4.69, 9.17) is 4.98 Å². The lowest BCUT2D eigenvalue weighted by molar-refractivity contribution is 0.204. The maximum atomic E-state index is 4.85. The van der Waals surface area contributed by atoms with Crippen molar-refractivity contribution in [3.05, 3.63) is 90.0 Å². The van der Waals surface area contributed by atoms with Gasteiger partial charge >= 0.3 is 0 Å². The van der Waals surface area contributed by atoms with E-state index in [9.17, 15) is 0 Å². The number of piperidine rings is 1. The molecule has 1 aliphatic heterocycles. The van der Waals surface area contributed by atoms with Crippen LogP contribution in [0.1, 0.15) is 29.8 Å². The topological polar surface area (TPSA) is 21.1 Å². The lowest BCUT2D eigenvalue weighted by Crippen LogP contribution is -2.43. The molecule has 0 atom stereocenters. The maximum Gasteiger partial charge on any atom is 0.119 e. The monoisotopic (exact) mass is 331 g/mol. The quantitative estimate of drug-likeness (QED) is 0.722. The number of likely N-dealkylation sites (tertiary alicyclic amines) is 1. The van der Waals surface area contributed by atoms with E-state index in [0.29, 0.717) is 0 Å². The Morgan fingerprint density at radius 1 is 0.920 bits per heavy atom. The zero-order valence-electron chi connectivity index (χ0n) is 14.8. The third-order valence-electron chi connectivity index (χ3n) is 5.51. The molecule has 3 heteroatoms. The van der Waals surface area contributed by atoms with Gasteiger partial charge in [0.1, 0.15) is 5.82 Å². The summed E-state index contributed by atoms with van der Waals surface area (Å²) in [7, 11) is 2.21. The van der Waals surface area contributed by atoms with Gasteiger partial charge in [-0.15, -0.1) is 0 Å². The lowest BCUT2D eigenvalue weighted by atomic mass is 9.72. The van der Waals surface area contributed by atoms with E-state index in [-0.39, 0.29) is 5.41 Å². The van der Waals surface area contributed by atoms with Gasteiger partial charge in [-0.2, -0.15) is 0 Å². The van der Waals surface area contributed by atoms with E-state index in [0.717, 1.165) is 32.5 Å². The molecular weight excluding hydrogens is 306 g/mol. The van der Waals surface area contributed by atoms with Crippen molar-refractivity contribution in [2.45, 2.75) is 24.8 Å². The van der Waals surface area contributed by atoms with Gasteiger partial charge in [0.2, 0.25) is 0 Å². The Morgan fingerprint density at radius 2 is 1.56 bits per heavy atom. The summed E-state index contributed by atoms with van der Waals surface area (Å²) < 4.78 is 2.34. The first-order valence-electron chi connectivity index (χ1n) is 9.07. The third-order valence-corrected chi connectivity index (χ3v) is 5.51. The van der Waals surface area contributed by atoms with Gasteiger partial charge < -0.3 is 9.47 Å². The highest BCUT2D eigenvalue weighted by atomic mass is 15.1. The summed E-state index contributed by atoms with van der Waals surface area (Å²) in [4.78, 5) is 7.28. The molecule has 0 unspecified atom stereocenters. The van der Waals surface area contributed by atoms with Gasteiger partial charge in [0, 0.05) is 18.9 Å². The van der Waals surface area contributed by atoms with Gasteiger partial charge in [-0.1, -0.05) is 60.7 Å². The average Bonchev–Trinajstić information content (AvgIpc) is 3.13. The van der Waals surface area contributed by atoms with Crippen LogP contribution in [0.25, 0.3) is 0 Å². The van der Waals surface area contributed by atoms with Crippen LogP contribution in [0.15, 0.2) is 73.1 Å². The largest absolute Gasteiger partial charge is 0.330 e. The van der Waals surface area contributed by atoms with Crippen LogP contribution in [0.5, 0.6) is 0 Å². The van der Waals surface area contributed by atoms with Crippen LogP contribution in [0.3, 0.4) is 0 Å². The van der Waals surface area contributed by atoms with E-state index < -0.39 is 0 Å². The van der Waals surface area contributed by atoms with Crippen LogP contribution in [0.4, 0.5) is 0 Å². The van der Waals surface area contributed by atoms with E-state index in [1.807, 2.05) is 6.20 Å². The predicted octanol–water partition coefficient (Wildman–Crippen LogP) is 3.94. The molecule has 1 aliphatic rings. The molecule has 2 aromatic carbocycles. The molecular formula is C22H25N3. The maximum absolute atomic E-state index is 4.85. The van der Waals surface area contributed by atoms with Crippen molar-refractivity contribution < 1.29 is 0 Å². The van der Waals surface area contributed by atoms with Gasteiger partial charge in [0.25, 0.3) is 0 Å². The molecule has 128 valence electrons. The Morgan fingerprint density at radius 3 is 2.24 bits per heavy atom. The Balaban J connectivity index is 1.75. The number of nitrogens with zero attached hydrogens (tertiary/aromatic N) is 3. The molecule has 2 heterocycles. The minimum absolute atomic E-state index is 0.00600. The van der Waals surface area contributed by atoms with Crippen LogP contribution >= 0.6 is 0 Å². The molecule has 0 spiro atoms. The minimum Gasteiger partial charge on any atom is -0.330 e. The number of hydrogen-bond donors (Lipinski definition) is 0. The van der Waals surface area contributed by atoms with Gasteiger partial charge in [0.05, 0.1) is 5.41 Å². The van der Waals surface area contributed by atoms with E-state index in [1.165, 1.54) is 17.0 Å². The lowest BCUT2D eigenvalue weighted by Gasteiger charge is -2.41. The highest BCUT2D eigenvalue weighted by molar-refractivity contribution is 5.35. The van der Waals surface area contributed by atoms with Gasteiger partial charge in [-0.3, -0.25) is 0 Å². The predicted molar refractivity (Wildman–Crippen MR) is 102 cm³/mol. The van der Waals surface area contributed by atoms with Crippen LogP contribution in [-0.2, 0) is 12.0 Å². The summed E-state index contributed by atoms with van der Waals surface area (Å²) in [6.07, 6.45) is 6.31. The summed E-state index contributed by atoms with van der Waals surface area (Å²) in [5.41, 5.74) is 2.72. The molecule has 1 fully saturated rings. The molecule has 1 saturated heterocycles. The van der Waals surface area contributed by atoms with Crippen LogP contribution < -0.4 is 0 Å². The summed E-state index contributed by atoms with van der Waals surface area (Å²) in [6, 6.07) is 21.6. The van der Waals surface area contributed by atoms with Crippen molar-refractivity contribution in [2.24, 2.45) is 0 Å². The normalized spacial score (nSPS) is 17.5. The molecule has 0 bridgehead atoms. The highest BCUT2D eigenvalue weighted by Crippen LogP contribution is 2.40. The van der Waals surface area contributed by atoms with E-state index in [1.54, 1.807) is 0 Å². The number of imidazole rings is 1. The van der Waals surface area contributed by atoms with E-state index in [2.05, 4.69) is 83.4 Å². The van der Waals surface area contributed by atoms with Crippen molar-refractivity contribution in [2.75, 3.05) is 20.1 Å². The molecule has 0 aliphatic carbocycles. The zero-order valence-corrected chi connectivity index (χ0v) is 14.8. The number of hydrogen-bond acceptors (Lipinski definition) is 2. The summed E-state index contributed by atoms with van der Waals surface area (Å²) in [6.45, 7) is 3.08. The second-order valence-corrected chi connectivity index (χ2v) is 7.12. The molecule has 0 N–H and O–H groups in total. The summed E-state index contributed by atoms with van der Waals surface area (Å²) >= 11 is 0. The smallest absolute Gasteiger partial charge is 0.119 e. The van der Waals surface area contributed by atoms with Gasteiger partial charge in [-0.05, 0) is 44.1 Å². The first kappa shape index (κ1) is 16.1. The van der Waals surface area contributed by atoms with Crippen LogP contribution in [0.2, 0.25) is 0 Å². The molecule has 3 nitrogen and oxygen atoms in total. The first-order valence-corrected chi connectivity index (χ1v) is 9.07. The fourth-order valence-corrected chi connectivity index (χ4v) is 4.03. The number of benzene rings is 2. The van der Waals surface area contributed by atoms with Crippen molar-refractivity contribution in [1.29, 1.82) is 0 Å². The fourth-order valence-electron chi connectivity index (χ4n) is 4.03. The van der Waals surface area contributed by atoms with E-state index >= 15 is 0 Å². The SMILES string of the molecule is CN1CCC(c2ccccc2)(c2nccn2Cc2ccccc2)CC1. The minimum atomic E-state index is 0.00600. The zero-order chi connectivity index (χ0) is 17.1. The fraction of sp³-hybridized carbons (Fsp3) is 0.318. The van der Waals surface area contributed by atoms with Crippen molar-refractivity contribution >= 4 is 0 Å². The van der Waals surface area contributed by atoms with Crippen LogP contribution in [0, 0.1) is 0 Å². The molecule has 0 radical (unpaired) electrons. The Kier molecular flexibility index (Phi) is 4.41. The van der Waals surface area contributed by atoms with Gasteiger partial charge in [-0.25, -0.2) is 4.98 Å². The first-order chi connectivity index (χ1) is 12.3. The number of rotatable bonds is 4. The molecule has 3 aromatic rings. The van der Waals surface area contributed by atoms with Crippen LogP contribution in [-0.4, -0.2) is 34.6 Å².